The van der Waals surface area contributed by atoms with Gasteiger partial charge in [0, 0.05) is 0 Å². The van der Waals surface area contributed by atoms with E-state index in [9.17, 15) is 5.11 Å². The van der Waals surface area contributed by atoms with Gasteiger partial charge in [0.05, 0.1) is 6.10 Å². The van der Waals surface area contributed by atoms with Gasteiger partial charge in [-0.05, 0) is 34.2 Å². The molecule has 0 bridgehead atoms. The summed E-state index contributed by atoms with van der Waals surface area (Å²) in [4.78, 5) is 0. The molecule has 90 valence electrons. The van der Waals surface area contributed by atoms with E-state index in [1.54, 1.807) is 0 Å². The van der Waals surface area contributed by atoms with Crippen molar-refractivity contribution in [2.24, 2.45) is 5.41 Å². The van der Waals surface area contributed by atoms with Crippen molar-refractivity contribution in [2.45, 2.75) is 33.8 Å². The summed E-state index contributed by atoms with van der Waals surface area (Å²) in [6.07, 6.45) is -0.436. The molecular weight excluding hydrogens is 208 g/mol. The van der Waals surface area contributed by atoms with Crippen molar-refractivity contribution in [1.29, 1.82) is 0 Å². The summed E-state index contributed by atoms with van der Waals surface area (Å²) >= 11 is 0. The van der Waals surface area contributed by atoms with E-state index in [0.29, 0.717) is 0 Å². The number of aryl methyl sites for hydroxylation is 1. The van der Waals surface area contributed by atoms with Crippen molar-refractivity contribution >= 4 is 10.8 Å². The Hall–Kier alpha value is -1.34. The van der Waals surface area contributed by atoms with Crippen molar-refractivity contribution in [1.82, 2.24) is 0 Å². The Morgan fingerprint density at radius 2 is 1.65 bits per heavy atom. The van der Waals surface area contributed by atoms with Gasteiger partial charge in [-0.2, -0.15) is 0 Å². The molecule has 17 heavy (non-hydrogen) atoms. The van der Waals surface area contributed by atoms with Crippen molar-refractivity contribution in [2.75, 3.05) is 0 Å². The fourth-order valence-electron chi connectivity index (χ4n) is 2.20. The quantitative estimate of drug-likeness (QED) is 0.774. The molecule has 1 N–H and O–H groups in total. The summed E-state index contributed by atoms with van der Waals surface area (Å²) < 4.78 is 0. The zero-order valence-electron chi connectivity index (χ0n) is 11.0. The molecule has 0 aliphatic rings. The molecule has 1 atom stereocenters. The molecule has 0 spiro atoms. The molecule has 0 saturated heterocycles. The van der Waals surface area contributed by atoms with Crippen molar-refractivity contribution in [3.63, 3.8) is 0 Å². The number of fused-ring (bicyclic) bond motifs is 1. The van der Waals surface area contributed by atoms with Crippen LogP contribution in [0.1, 0.15) is 38.0 Å². The molecule has 0 aliphatic heterocycles. The number of hydrogen-bond acceptors (Lipinski definition) is 1. The molecule has 0 fully saturated rings. The fraction of sp³-hybridized carbons (Fsp3) is 0.375. The lowest BCUT2D eigenvalue weighted by Gasteiger charge is -2.28. The number of aliphatic hydroxyl groups is 1. The molecule has 0 heterocycles. The van der Waals surface area contributed by atoms with E-state index in [1.807, 2.05) is 12.1 Å². The first-order valence-corrected chi connectivity index (χ1v) is 6.07. The van der Waals surface area contributed by atoms with Gasteiger partial charge in [-0.1, -0.05) is 57.2 Å². The van der Waals surface area contributed by atoms with Gasteiger partial charge >= 0.3 is 0 Å². The van der Waals surface area contributed by atoms with E-state index in [1.165, 1.54) is 5.39 Å². The predicted molar refractivity (Wildman–Crippen MR) is 73.1 cm³/mol. The Labute approximate surface area is 103 Å². The van der Waals surface area contributed by atoms with Gasteiger partial charge in [-0.3, -0.25) is 0 Å². The van der Waals surface area contributed by atoms with Crippen LogP contribution >= 0.6 is 0 Å². The molecule has 1 unspecified atom stereocenters. The molecule has 2 aromatic carbocycles. The Kier molecular flexibility index (Phi) is 2.96. The Morgan fingerprint density at radius 1 is 1.00 bits per heavy atom. The smallest absolute Gasteiger partial charge is 0.0846 e. The average Bonchev–Trinajstić information content (AvgIpc) is 2.27. The van der Waals surface area contributed by atoms with Crippen LogP contribution in [0.4, 0.5) is 0 Å². The normalized spacial score (nSPS) is 13.9. The van der Waals surface area contributed by atoms with Crippen molar-refractivity contribution < 1.29 is 5.11 Å². The van der Waals surface area contributed by atoms with Crippen LogP contribution in [0.3, 0.4) is 0 Å². The van der Waals surface area contributed by atoms with E-state index in [-0.39, 0.29) is 5.41 Å². The van der Waals surface area contributed by atoms with E-state index in [2.05, 4.69) is 52.0 Å². The second kappa shape index (κ2) is 4.15. The molecule has 0 aliphatic carbocycles. The van der Waals surface area contributed by atoms with Crippen LogP contribution in [-0.2, 0) is 0 Å². The SMILES string of the molecule is Cc1ccc2ccccc2c1C(O)C(C)(C)C. The van der Waals surface area contributed by atoms with Gasteiger partial charge < -0.3 is 5.11 Å². The van der Waals surface area contributed by atoms with Crippen LogP contribution in [0, 0.1) is 12.3 Å². The van der Waals surface area contributed by atoms with E-state index < -0.39 is 6.10 Å². The largest absolute Gasteiger partial charge is 0.388 e. The lowest BCUT2D eigenvalue weighted by Crippen LogP contribution is -2.19. The second-order valence-electron chi connectivity index (χ2n) is 5.79. The number of hydrogen-bond donors (Lipinski definition) is 1. The maximum absolute atomic E-state index is 10.5. The summed E-state index contributed by atoms with van der Waals surface area (Å²) in [6.45, 7) is 8.27. The van der Waals surface area contributed by atoms with Gasteiger partial charge in [0.25, 0.3) is 0 Å². The molecule has 0 saturated carbocycles. The molecule has 0 radical (unpaired) electrons. The zero-order valence-corrected chi connectivity index (χ0v) is 11.0. The first kappa shape index (κ1) is 12.1. The Morgan fingerprint density at radius 3 is 2.29 bits per heavy atom. The minimum absolute atomic E-state index is 0.144. The topological polar surface area (TPSA) is 20.2 Å². The number of rotatable bonds is 1. The summed E-state index contributed by atoms with van der Waals surface area (Å²) in [7, 11) is 0. The Bertz CT molecular complexity index is 535. The summed E-state index contributed by atoms with van der Waals surface area (Å²) in [5.74, 6) is 0. The maximum Gasteiger partial charge on any atom is 0.0846 e. The standard InChI is InChI=1S/C16H20O/c1-11-9-10-12-7-5-6-8-13(12)14(11)15(17)16(2,3)4/h5-10,15,17H,1-4H3. The highest BCUT2D eigenvalue weighted by Crippen LogP contribution is 2.37. The van der Waals surface area contributed by atoms with E-state index >= 15 is 0 Å². The third-order valence-corrected chi connectivity index (χ3v) is 3.28. The highest BCUT2D eigenvalue weighted by Gasteiger charge is 2.26. The zero-order chi connectivity index (χ0) is 12.6. The highest BCUT2D eigenvalue weighted by atomic mass is 16.3. The Balaban J connectivity index is 2.71. The first-order valence-electron chi connectivity index (χ1n) is 6.07. The fourth-order valence-corrected chi connectivity index (χ4v) is 2.20. The van der Waals surface area contributed by atoms with Gasteiger partial charge in [0.2, 0.25) is 0 Å². The van der Waals surface area contributed by atoms with Crippen LogP contribution in [0.25, 0.3) is 10.8 Å². The van der Waals surface area contributed by atoms with E-state index in [0.717, 1.165) is 16.5 Å². The molecule has 0 aromatic heterocycles. The van der Waals surface area contributed by atoms with Crippen LogP contribution in [0.5, 0.6) is 0 Å². The lowest BCUT2D eigenvalue weighted by atomic mass is 9.81. The lowest BCUT2D eigenvalue weighted by molar-refractivity contribution is 0.0634. The van der Waals surface area contributed by atoms with Gasteiger partial charge in [-0.15, -0.1) is 0 Å². The van der Waals surface area contributed by atoms with Crippen LogP contribution in [0.15, 0.2) is 36.4 Å². The third kappa shape index (κ3) is 2.20. The van der Waals surface area contributed by atoms with Crippen LogP contribution in [0.2, 0.25) is 0 Å². The van der Waals surface area contributed by atoms with Crippen molar-refractivity contribution in [3.8, 4) is 0 Å². The minimum atomic E-state index is -0.436. The minimum Gasteiger partial charge on any atom is -0.388 e. The molecule has 0 amide bonds. The van der Waals surface area contributed by atoms with Gasteiger partial charge in [0.1, 0.15) is 0 Å². The predicted octanol–water partition coefficient (Wildman–Crippen LogP) is 4.23. The van der Waals surface area contributed by atoms with Crippen LogP contribution in [-0.4, -0.2) is 5.11 Å². The third-order valence-electron chi connectivity index (χ3n) is 3.28. The van der Waals surface area contributed by atoms with E-state index in [4.69, 9.17) is 0 Å². The summed E-state index contributed by atoms with van der Waals surface area (Å²) in [5.41, 5.74) is 2.08. The maximum atomic E-state index is 10.5. The average molecular weight is 228 g/mol. The number of benzene rings is 2. The molecule has 2 rings (SSSR count). The van der Waals surface area contributed by atoms with Gasteiger partial charge in [0.15, 0.2) is 0 Å². The van der Waals surface area contributed by atoms with Gasteiger partial charge in [-0.25, -0.2) is 0 Å². The van der Waals surface area contributed by atoms with Crippen molar-refractivity contribution in [3.05, 3.63) is 47.5 Å². The molecule has 1 nitrogen and oxygen atoms in total. The first-order chi connectivity index (χ1) is 7.91. The van der Waals surface area contributed by atoms with Crippen LogP contribution < -0.4 is 0 Å². The monoisotopic (exact) mass is 228 g/mol. The second-order valence-corrected chi connectivity index (χ2v) is 5.79. The summed E-state index contributed by atoms with van der Waals surface area (Å²) in [6, 6.07) is 12.4. The summed E-state index contributed by atoms with van der Waals surface area (Å²) in [5, 5.41) is 12.9. The highest BCUT2D eigenvalue weighted by molar-refractivity contribution is 5.87. The number of aliphatic hydroxyl groups excluding tert-OH is 1. The molecule has 2 aromatic rings. The molecule has 1 heteroatoms. The molecular formula is C16H20O.